The average molecular weight is 272 g/mol. The van der Waals surface area contributed by atoms with Crippen LogP contribution < -0.4 is 5.32 Å². The van der Waals surface area contributed by atoms with Gasteiger partial charge in [0.1, 0.15) is 0 Å². The molecule has 0 bridgehead atoms. The van der Waals surface area contributed by atoms with Crippen molar-refractivity contribution in [3.8, 4) is 0 Å². The average Bonchev–Trinajstić information content (AvgIpc) is 2.49. The number of likely N-dealkylation sites (tertiary alicyclic amines) is 1. The molecule has 1 aliphatic rings. The van der Waals surface area contributed by atoms with Crippen molar-refractivity contribution < 1.29 is 4.79 Å². The first-order valence-electron chi connectivity index (χ1n) is 7.43. The maximum atomic E-state index is 12.0. The van der Waals surface area contributed by atoms with Crippen LogP contribution >= 0.6 is 0 Å². The highest BCUT2D eigenvalue weighted by molar-refractivity contribution is 5.78. The van der Waals surface area contributed by atoms with Crippen LogP contribution in [0.15, 0.2) is 43.0 Å². The van der Waals surface area contributed by atoms with E-state index < -0.39 is 0 Å². The number of carbonyl (C=O) groups is 1. The molecule has 0 aliphatic carbocycles. The van der Waals surface area contributed by atoms with Crippen LogP contribution in [0.4, 0.5) is 0 Å². The van der Waals surface area contributed by atoms with Crippen LogP contribution in [0.25, 0.3) is 0 Å². The molecule has 1 aromatic rings. The molecular formula is C17H24N2O. The van der Waals surface area contributed by atoms with Gasteiger partial charge < -0.3 is 5.32 Å². The Labute approximate surface area is 121 Å². The third-order valence-corrected chi connectivity index (χ3v) is 3.95. The second-order valence-corrected chi connectivity index (χ2v) is 5.34. The van der Waals surface area contributed by atoms with Crippen LogP contribution in [0.2, 0.25) is 0 Å². The summed E-state index contributed by atoms with van der Waals surface area (Å²) >= 11 is 0. The topological polar surface area (TPSA) is 32.3 Å². The van der Waals surface area contributed by atoms with Gasteiger partial charge >= 0.3 is 0 Å². The summed E-state index contributed by atoms with van der Waals surface area (Å²) in [5, 5.41) is 2.94. The van der Waals surface area contributed by atoms with E-state index in [0.717, 1.165) is 25.9 Å². The van der Waals surface area contributed by atoms with Gasteiger partial charge in [-0.05, 0) is 25.3 Å². The molecule has 3 heteroatoms. The summed E-state index contributed by atoms with van der Waals surface area (Å²) < 4.78 is 0. The molecule has 1 fully saturated rings. The molecule has 0 aromatic heterocycles. The van der Waals surface area contributed by atoms with E-state index in [1.54, 1.807) is 0 Å². The van der Waals surface area contributed by atoms with Crippen molar-refractivity contribution in [1.82, 2.24) is 10.2 Å². The number of benzene rings is 1. The lowest BCUT2D eigenvalue weighted by Gasteiger charge is -2.38. The monoisotopic (exact) mass is 272 g/mol. The first-order valence-corrected chi connectivity index (χ1v) is 7.43. The number of piperidine rings is 1. The molecular weight excluding hydrogens is 248 g/mol. The minimum atomic E-state index is 0.106. The molecule has 0 radical (unpaired) electrons. The quantitative estimate of drug-likeness (QED) is 0.836. The lowest BCUT2D eigenvalue weighted by atomic mass is 9.88. The SMILES string of the molecule is C=CCN1CC(C(=O)NCC)CCC1c1ccccc1. The summed E-state index contributed by atoms with van der Waals surface area (Å²) in [6.45, 7) is 8.17. The number of hydrogen-bond acceptors (Lipinski definition) is 2. The Morgan fingerprint density at radius 3 is 2.80 bits per heavy atom. The fourth-order valence-electron chi connectivity index (χ4n) is 3.00. The van der Waals surface area contributed by atoms with Crippen molar-refractivity contribution in [2.24, 2.45) is 5.92 Å². The number of hydrogen-bond donors (Lipinski definition) is 1. The number of nitrogens with zero attached hydrogens (tertiary/aromatic N) is 1. The number of rotatable bonds is 5. The van der Waals surface area contributed by atoms with Gasteiger partial charge in [-0.2, -0.15) is 0 Å². The number of carbonyl (C=O) groups excluding carboxylic acids is 1. The van der Waals surface area contributed by atoms with E-state index in [9.17, 15) is 4.79 Å². The van der Waals surface area contributed by atoms with Gasteiger partial charge in [0.05, 0.1) is 5.92 Å². The molecule has 3 nitrogen and oxygen atoms in total. The Kier molecular flexibility index (Phi) is 5.36. The van der Waals surface area contributed by atoms with E-state index in [1.807, 2.05) is 19.1 Å². The predicted molar refractivity (Wildman–Crippen MR) is 82.4 cm³/mol. The molecule has 2 atom stereocenters. The fraction of sp³-hybridized carbons (Fsp3) is 0.471. The van der Waals surface area contributed by atoms with Gasteiger partial charge in [-0.1, -0.05) is 36.4 Å². The molecule has 2 unspecified atom stereocenters. The largest absolute Gasteiger partial charge is 0.356 e. The standard InChI is InChI=1S/C17H24N2O/c1-3-12-19-13-15(17(20)18-4-2)10-11-16(19)14-8-6-5-7-9-14/h3,5-9,15-16H,1,4,10-13H2,2H3,(H,18,20). The van der Waals surface area contributed by atoms with Gasteiger partial charge in [-0.3, -0.25) is 9.69 Å². The maximum absolute atomic E-state index is 12.0. The van der Waals surface area contributed by atoms with E-state index in [-0.39, 0.29) is 11.8 Å². The lowest BCUT2D eigenvalue weighted by Crippen LogP contribution is -2.44. The van der Waals surface area contributed by atoms with Crippen molar-refractivity contribution >= 4 is 5.91 Å². The van der Waals surface area contributed by atoms with Gasteiger partial charge in [0, 0.05) is 25.7 Å². The second kappa shape index (κ2) is 7.25. The molecule has 1 aliphatic heterocycles. The Bertz CT molecular complexity index is 444. The molecule has 0 spiro atoms. The zero-order chi connectivity index (χ0) is 14.4. The zero-order valence-electron chi connectivity index (χ0n) is 12.2. The summed E-state index contributed by atoms with van der Waals surface area (Å²) in [6.07, 6.45) is 3.91. The molecule has 1 amide bonds. The highest BCUT2D eigenvalue weighted by atomic mass is 16.1. The van der Waals surface area contributed by atoms with Crippen molar-refractivity contribution in [2.45, 2.75) is 25.8 Å². The molecule has 2 rings (SSSR count). The molecule has 1 aromatic carbocycles. The molecule has 1 N–H and O–H groups in total. The fourth-order valence-corrected chi connectivity index (χ4v) is 3.00. The smallest absolute Gasteiger partial charge is 0.224 e. The van der Waals surface area contributed by atoms with Gasteiger partial charge in [0.15, 0.2) is 0 Å². The van der Waals surface area contributed by atoms with E-state index >= 15 is 0 Å². The lowest BCUT2D eigenvalue weighted by molar-refractivity contribution is -0.127. The first-order chi connectivity index (χ1) is 9.76. The minimum Gasteiger partial charge on any atom is -0.356 e. The normalized spacial score (nSPS) is 23.2. The van der Waals surface area contributed by atoms with Crippen molar-refractivity contribution in [2.75, 3.05) is 19.6 Å². The molecule has 0 saturated carbocycles. The predicted octanol–water partition coefficient (Wildman–Crippen LogP) is 2.76. The van der Waals surface area contributed by atoms with E-state index in [2.05, 4.69) is 41.1 Å². The summed E-state index contributed by atoms with van der Waals surface area (Å²) in [7, 11) is 0. The zero-order valence-corrected chi connectivity index (χ0v) is 12.2. The molecule has 1 saturated heterocycles. The van der Waals surface area contributed by atoms with Crippen molar-refractivity contribution in [3.05, 3.63) is 48.6 Å². The number of nitrogens with one attached hydrogen (secondary N) is 1. The van der Waals surface area contributed by atoms with Crippen molar-refractivity contribution in [3.63, 3.8) is 0 Å². The van der Waals surface area contributed by atoms with Crippen LogP contribution in [0.5, 0.6) is 0 Å². The van der Waals surface area contributed by atoms with Crippen LogP contribution in [0, 0.1) is 5.92 Å². The Morgan fingerprint density at radius 2 is 2.15 bits per heavy atom. The maximum Gasteiger partial charge on any atom is 0.224 e. The van der Waals surface area contributed by atoms with Crippen LogP contribution in [0.1, 0.15) is 31.4 Å². The minimum absolute atomic E-state index is 0.106. The number of amides is 1. The highest BCUT2D eigenvalue weighted by Crippen LogP contribution is 2.33. The van der Waals surface area contributed by atoms with E-state index in [0.29, 0.717) is 12.6 Å². The van der Waals surface area contributed by atoms with Gasteiger partial charge in [0.2, 0.25) is 5.91 Å². The van der Waals surface area contributed by atoms with Crippen LogP contribution in [0.3, 0.4) is 0 Å². The summed E-state index contributed by atoms with van der Waals surface area (Å²) in [6, 6.07) is 11.0. The first kappa shape index (κ1) is 14.8. The van der Waals surface area contributed by atoms with Gasteiger partial charge in [-0.25, -0.2) is 0 Å². The van der Waals surface area contributed by atoms with E-state index in [4.69, 9.17) is 0 Å². The second-order valence-electron chi connectivity index (χ2n) is 5.34. The van der Waals surface area contributed by atoms with E-state index in [1.165, 1.54) is 5.56 Å². The molecule has 20 heavy (non-hydrogen) atoms. The van der Waals surface area contributed by atoms with Crippen LogP contribution in [-0.4, -0.2) is 30.4 Å². The third-order valence-electron chi connectivity index (χ3n) is 3.95. The highest BCUT2D eigenvalue weighted by Gasteiger charge is 2.31. The van der Waals surface area contributed by atoms with Crippen LogP contribution in [-0.2, 0) is 4.79 Å². The Balaban J connectivity index is 2.09. The third kappa shape index (κ3) is 3.48. The summed E-state index contributed by atoms with van der Waals surface area (Å²) in [5.74, 6) is 0.294. The molecule has 1 heterocycles. The van der Waals surface area contributed by atoms with Gasteiger partial charge in [-0.15, -0.1) is 6.58 Å². The Hall–Kier alpha value is -1.61. The van der Waals surface area contributed by atoms with Crippen molar-refractivity contribution in [1.29, 1.82) is 0 Å². The van der Waals surface area contributed by atoms with Gasteiger partial charge in [0.25, 0.3) is 0 Å². The summed E-state index contributed by atoms with van der Waals surface area (Å²) in [5.41, 5.74) is 1.34. The Morgan fingerprint density at radius 1 is 1.40 bits per heavy atom. The molecule has 108 valence electrons. The summed E-state index contributed by atoms with van der Waals surface area (Å²) in [4.78, 5) is 14.4.